The first-order chi connectivity index (χ1) is 8.56. The first-order valence-corrected chi connectivity index (χ1v) is 4.93. The standard InChI is InChI=1S/C11H5F3N4/c12-4-1-5-8(6(13)2-4)17-9(5)11-16-3-7(14)10(15)18-11/h1-3H,(H2,15,16,18). The summed E-state index contributed by atoms with van der Waals surface area (Å²) >= 11 is 0. The van der Waals surface area contributed by atoms with Crippen molar-refractivity contribution in [1.29, 1.82) is 0 Å². The van der Waals surface area contributed by atoms with Crippen molar-refractivity contribution in [1.82, 2.24) is 9.97 Å². The van der Waals surface area contributed by atoms with Gasteiger partial charge in [-0.3, -0.25) is 0 Å². The summed E-state index contributed by atoms with van der Waals surface area (Å²) in [6, 6.07) is 1.85. The third kappa shape index (κ3) is 1.44. The molecule has 4 nitrogen and oxygen atoms in total. The number of nitrogen functional groups attached to an aromatic ring is 1. The second-order valence-electron chi connectivity index (χ2n) is 3.67. The smallest absolute Gasteiger partial charge is 0.183 e. The molecule has 0 radical (unpaired) electrons. The minimum absolute atomic E-state index is 0.0337. The summed E-state index contributed by atoms with van der Waals surface area (Å²) in [6.45, 7) is 0. The molecule has 1 aromatic heterocycles. The molecule has 0 saturated heterocycles. The van der Waals surface area contributed by atoms with Crippen LogP contribution in [0.2, 0.25) is 0 Å². The lowest BCUT2D eigenvalue weighted by molar-refractivity contribution is 0.582. The van der Waals surface area contributed by atoms with Crippen molar-refractivity contribution in [3.05, 3.63) is 47.2 Å². The average Bonchev–Trinajstić information content (AvgIpc) is 2.28. The first-order valence-electron chi connectivity index (χ1n) is 4.93. The number of nitrogens with zero attached hydrogens (tertiary/aromatic N) is 3. The molecule has 0 unspecified atom stereocenters. The number of hydrogen-bond donors (Lipinski definition) is 1. The van der Waals surface area contributed by atoms with E-state index in [-0.39, 0.29) is 28.6 Å². The molecular weight excluding hydrogens is 245 g/mol. The van der Waals surface area contributed by atoms with Gasteiger partial charge in [0.1, 0.15) is 17.2 Å². The highest BCUT2D eigenvalue weighted by Gasteiger charge is 2.27. The van der Waals surface area contributed by atoms with Gasteiger partial charge in [0, 0.05) is 11.6 Å². The Morgan fingerprint density at radius 2 is 1.83 bits per heavy atom. The second-order valence-corrected chi connectivity index (χ2v) is 3.67. The van der Waals surface area contributed by atoms with Gasteiger partial charge in [-0.2, -0.15) is 0 Å². The lowest BCUT2D eigenvalue weighted by Gasteiger charge is -2.17. The third-order valence-corrected chi connectivity index (χ3v) is 2.49. The summed E-state index contributed by atoms with van der Waals surface area (Å²) in [5, 5.41) is 0. The van der Waals surface area contributed by atoms with Crippen molar-refractivity contribution in [3.8, 4) is 0 Å². The highest BCUT2D eigenvalue weighted by Crippen LogP contribution is 2.35. The molecule has 0 amide bonds. The molecule has 2 heterocycles. The molecule has 1 aromatic carbocycles. The predicted molar refractivity (Wildman–Crippen MR) is 58.1 cm³/mol. The van der Waals surface area contributed by atoms with Gasteiger partial charge in [0.2, 0.25) is 0 Å². The highest BCUT2D eigenvalue weighted by atomic mass is 19.1. The number of anilines is 1. The Kier molecular flexibility index (Phi) is 2.09. The summed E-state index contributed by atoms with van der Waals surface area (Å²) in [4.78, 5) is 11.2. The van der Waals surface area contributed by atoms with E-state index in [0.717, 1.165) is 18.3 Å². The molecule has 18 heavy (non-hydrogen) atoms. The number of halogens is 3. The van der Waals surface area contributed by atoms with Gasteiger partial charge < -0.3 is 5.73 Å². The van der Waals surface area contributed by atoms with E-state index in [1.807, 2.05) is 0 Å². The minimum atomic E-state index is -0.760. The Balaban J connectivity index is 2.08. The van der Waals surface area contributed by atoms with Crippen LogP contribution in [0.15, 0.2) is 23.3 Å². The molecule has 7 heteroatoms. The molecule has 1 aliphatic rings. The molecule has 0 saturated carbocycles. The first kappa shape index (κ1) is 10.7. The van der Waals surface area contributed by atoms with Gasteiger partial charge in [-0.15, -0.1) is 0 Å². The van der Waals surface area contributed by atoms with E-state index in [1.165, 1.54) is 0 Å². The van der Waals surface area contributed by atoms with Crippen LogP contribution < -0.4 is 5.73 Å². The summed E-state index contributed by atoms with van der Waals surface area (Å²) in [5.74, 6) is -2.55. The minimum Gasteiger partial charge on any atom is -0.381 e. The number of fused-ring (bicyclic) bond motifs is 1. The average molecular weight is 250 g/mol. The van der Waals surface area contributed by atoms with Crippen molar-refractivity contribution in [2.24, 2.45) is 4.99 Å². The van der Waals surface area contributed by atoms with E-state index in [0.29, 0.717) is 0 Å². The van der Waals surface area contributed by atoms with Gasteiger partial charge in [-0.05, 0) is 6.07 Å². The Morgan fingerprint density at radius 3 is 2.56 bits per heavy atom. The molecule has 0 bridgehead atoms. The van der Waals surface area contributed by atoms with E-state index < -0.39 is 17.5 Å². The largest absolute Gasteiger partial charge is 0.381 e. The lowest BCUT2D eigenvalue weighted by atomic mass is 10.0. The van der Waals surface area contributed by atoms with Crippen molar-refractivity contribution < 1.29 is 13.2 Å². The molecule has 3 rings (SSSR count). The normalized spacial score (nSPS) is 12.7. The van der Waals surface area contributed by atoms with Crippen LogP contribution in [0.3, 0.4) is 0 Å². The van der Waals surface area contributed by atoms with E-state index in [9.17, 15) is 13.2 Å². The maximum Gasteiger partial charge on any atom is 0.183 e. The van der Waals surface area contributed by atoms with Crippen LogP contribution in [-0.2, 0) is 0 Å². The molecule has 2 N–H and O–H groups in total. The molecule has 0 fully saturated rings. The number of benzene rings is 1. The van der Waals surface area contributed by atoms with Gasteiger partial charge in [-0.25, -0.2) is 28.1 Å². The van der Waals surface area contributed by atoms with E-state index in [4.69, 9.17) is 5.73 Å². The zero-order valence-corrected chi connectivity index (χ0v) is 8.78. The van der Waals surface area contributed by atoms with Crippen LogP contribution in [0.1, 0.15) is 11.4 Å². The number of aliphatic imine (C=N–C) groups is 1. The molecule has 0 spiro atoms. The molecular formula is C11H5F3N4. The van der Waals surface area contributed by atoms with Gasteiger partial charge >= 0.3 is 0 Å². The Hall–Kier alpha value is -2.44. The number of hydrogen-bond acceptors (Lipinski definition) is 4. The van der Waals surface area contributed by atoms with Crippen LogP contribution in [0, 0.1) is 17.5 Å². The summed E-state index contributed by atoms with van der Waals surface area (Å²) in [6.07, 6.45) is 0.883. The Morgan fingerprint density at radius 1 is 1.06 bits per heavy atom. The summed E-state index contributed by atoms with van der Waals surface area (Å²) in [5.41, 5.74) is 5.77. The van der Waals surface area contributed by atoms with E-state index in [2.05, 4.69) is 15.0 Å². The molecule has 0 aliphatic carbocycles. The van der Waals surface area contributed by atoms with Crippen molar-refractivity contribution in [2.45, 2.75) is 0 Å². The zero-order valence-electron chi connectivity index (χ0n) is 8.78. The van der Waals surface area contributed by atoms with Crippen molar-refractivity contribution >= 4 is 17.2 Å². The predicted octanol–water partition coefficient (Wildman–Crippen LogP) is 1.96. The maximum atomic E-state index is 13.3. The fraction of sp³-hybridized carbons (Fsp3) is 0. The van der Waals surface area contributed by atoms with Crippen molar-refractivity contribution in [2.75, 3.05) is 5.73 Å². The second kappa shape index (κ2) is 3.52. The van der Waals surface area contributed by atoms with Gasteiger partial charge in [0.05, 0.1) is 6.20 Å². The number of aromatic nitrogens is 2. The van der Waals surface area contributed by atoms with Crippen LogP contribution in [0.5, 0.6) is 0 Å². The van der Waals surface area contributed by atoms with Gasteiger partial charge in [0.25, 0.3) is 0 Å². The molecule has 0 atom stereocenters. The van der Waals surface area contributed by atoms with Crippen LogP contribution in [-0.4, -0.2) is 15.7 Å². The molecule has 2 aromatic rings. The van der Waals surface area contributed by atoms with E-state index in [1.54, 1.807) is 0 Å². The van der Waals surface area contributed by atoms with Gasteiger partial charge in [0.15, 0.2) is 23.3 Å². The summed E-state index contributed by atoms with van der Waals surface area (Å²) < 4.78 is 39.2. The lowest BCUT2D eigenvalue weighted by Crippen LogP contribution is -2.17. The highest BCUT2D eigenvalue weighted by molar-refractivity contribution is 6.20. The number of nitrogens with two attached hydrogens (primary N) is 1. The molecule has 90 valence electrons. The van der Waals surface area contributed by atoms with Gasteiger partial charge in [-0.1, -0.05) is 0 Å². The third-order valence-electron chi connectivity index (χ3n) is 2.49. The fourth-order valence-corrected chi connectivity index (χ4v) is 1.64. The SMILES string of the molecule is Nc1nc(C2=Nc3c(F)cc(F)cc32)ncc1F. The summed E-state index contributed by atoms with van der Waals surface area (Å²) in [7, 11) is 0. The van der Waals surface area contributed by atoms with E-state index >= 15 is 0 Å². The quantitative estimate of drug-likeness (QED) is 0.718. The fourth-order valence-electron chi connectivity index (χ4n) is 1.64. The van der Waals surface area contributed by atoms with Crippen molar-refractivity contribution in [3.63, 3.8) is 0 Å². The monoisotopic (exact) mass is 250 g/mol. The van der Waals surface area contributed by atoms with Crippen LogP contribution in [0.4, 0.5) is 24.7 Å². The molecule has 1 aliphatic heterocycles. The Labute approximate surface area is 99.0 Å². The number of rotatable bonds is 1. The zero-order chi connectivity index (χ0) is 12.9. The Bertz CT molecular complexity index is 697. The maximum absolute atomic E-state index is 13.3. The van der Waals surface area contributed by atoms with Crippen LogP contribution >= 0.6 is 0 Å². The van der Waals surface area contributed by atoms with Crippen LogP contribution in [0.25, 0.3) is 0 Å². The topological polar surface area (TPSA) is 64.2 Å².